The van der Waals surface area contributed by atoms with Gasteiger partial charge in [-0.3, -0.25) is 9.10 Å². The summed E-state index contributed by atoms with van der Waals surface area (Å²) in [6.45, 7) is 1.82. The fraction of sp³-hybridized carbons (Fsp3) is 0.350. The number of hydrogen-bond donors (Lipinski definition) is 1. The highest BCUT2D eigenvalue weighted by atomic mass is 32.2. The number of anilines is 2. The van der Waals surface area contributed by atoms with Crippen molar-refractivity contribution in [2.75, 3.05) is 30.4 Å². The predicted molar refractivity (Wildman–Crippen MR) is 109 cm³/mol. The van der Waals surface area contributed by atoms with Crippen LogP contribution in [0.15, 0.2) is 48.5 Å². The van der Waals surface area contributed by atoms with E-state index in [9.17, 15) is 13.2 Å². The van der Waals surface area contributed by atoms with Crippen molar-refractivity contribution >= 4 is 27.3 Å². The highest BCUT2D eigenvalue weighted by Gasteiger charge is 2.52. The molecule has 0 spiro atoms. The number of methoxy groups -OCH3 is 2. The summed E-state index contributed by atoms with van der Waals surface area (Å²) in [6, 6.07) is 13.5. The minimum Gasteiger partial charge on any atom is -0.497 e. The molecule has 0 saturated carbocycles. The SMILES string of the molecule is COc1ccc(NC(=O)[C@]2(C)CCCN(c3ccc(OC)cc3)S2(=O)=O)cc1. The minimum atomic E-state index is -3.91. The molecule has 1 fully saturated rings. The Labute approximate surface area is 165 Å². The zero-order chi connectivity index (χ0) is 20.4. The summed E-state index contributed by atoms with van der Waals surface area (Å²) in [7, 11) is -0.811. The molecule has 1 aliphatic heterocycles. The number of nitrogens with one attached hydrogen (secondary N) is 1. The first-order valence-corrected chi connectivity index (χ1v) is 10.4. The van der Waals surface area contributed by atoms with E-state index < -0.39 is 20.7 Å². The third-order valence-corrected chi connectivity index (χ3v) is 7.56. The van der Waals surface area contributed by atoms with Crippen LogP contribution in [-0.2, 0) is 14.8 Å². The van der Waals surface area contributed by atoms with Crippen LogP contribution in [0.5, 0.6) is 11.5 Å². The van der Waals surface area contributed by atoms with Crippen molar-refractivity contribution in [2.45, 2.75) is 24.5 Å². The van der Waals surface area contributed by atoms with Crippen LogP contribution in [-0.4, -0.2) is 39.8 Å². The van der Waals surface area contributed by atoms with Crippen molar-refractivity contribution in [3.63, 3.8) is 0 Å². The van der Waals surface area contributed by atoms with E-state index in [1.165, 1.54) is 11.2 Å². The second kappa shape index (κ2) is 7.71. The largest absolute Gasteiger partial charge is 0.497 e. The van der Waals surface area contributed by atoms with Gasteiger partial charge in [0.2, 0.25) is 15.9 Å². The summed E-state index contributed by atoms with van der Waals surface area (Å²) < 4.78 is 36.6. The Morgan fingerprint density at radius 3 is 2.07 bits per heavy atom. The quantitative estimate of drug-likeness (QED) is 0.828. The Morgan fingerprint density at radius 2 is 1.54 bits per heavy atom. The molecule has 1 N–H and O–H groups in total. The molecule has 0 radical (unpaired) electrons. The second-order valence-corrected chi connectivity index (χ2v) is 9.08. The van der Waals surface area contributed by atoms with Crippen LogP contribution in [0.3, 0.4) is 0 Å². The van der Waals surface area contributed by atoms with Gasteiger partial charge in [0.05, 0.1) is 19.9 Å². The molecule has 0 unspecified atom stereocenters. The standard InChI is InChI=1S/C20H24N2O5S/c1-20(19(23)21-15-5-9-17(26-2)10-6-15)13-4-14-22(28(20,24)25)16-7-11-18(27-3)12-8-16/h5-12H,4,13-14H2,1-3H3,(H,21,23)/t20-/m0/s1. The lowest BCUT2D eigenvalue weighted by atomic mass is 10.0. The minimum absolute atomic E-state index is 0.254. The number of ether oxygens (including phenoxy) is 2. The Kier molecular flexibility index (Phi) is 5.51. The van der Waals surface area contributed by atoms with Crippen molar-refractivity contribution in [3.8, 4) is 11.5 Å². The van der Waals surface area contributed by atoms with Crippen molar-refractivity contribution in [3.05, 3.63) is 48.5 Å². The molecule has 1 atom stereocenters. The first kappa shape index (κ1) is 20.0. The highest BCUT2D eigenvalue weighted by Crippen LogP contribution is 2.36. The zero-order valence-electron chi connectivity index (χ0n) is 16.1. The third kappa shape index (κ3) is 3.52. The van der Waals surface area contributed by atoms with Crippen LogP contribution < -0.4 is 19.1 Å². The lowest BCUT2D eigenvalue weighted by molar-refractivity contribution is -0.118. The van der Waals surface area contributed by atoms with E-state index in [0.29, 0.717) is 35.8 Å². The molecule has 0 aromatic heterocycles. The lowest BCUT2D eigenvalue weighted by Crippen LogP contribution is -2.57. The number of benzene rings is 2. The van der Waals surface area contributed by atoms with Gasteiger partial charge in [-0.15, -0.1) is 0 Å². The summed E-state index contributed by atoms with van der Waals surface area (Å²) in [5, 5.41) is 2.73. The fourth-order valence-corrected chi connectivity index (χ4v) is 5.18. The van der Waals surface area contributed by atoms with Gasteiger partial charge in [-0.25, -0.2) is 8.42 Å². The monoisotopic (exact) mass is 404 g/mol. The number of amides is 1. The average Bonchev–Trinajstić information content (AvgIpc) is 2.70. The molecule has 150 valence electrons. The van der Waals surface area contributed by atoms with Crippen LogP contribution in [0.1, 0.15) is 19.8 Å². The van der Waals surface area contributed by atoms with Crippen LogP contribution in [0.2, 0.25) is 0 Å². The molecule has 0 bridgehead atoms. The Hall–Kier alpha value is -2.74. The molecule has 1 heterocycles. The molecule has 7 nitrogen and oxygen atoms in total. The van der Waals surface area contributed by atoms with E-state index >= 15 is 0 Å². The van der Waals surface area contributed by atoms with Crippen molar-refractivity contribution in [2.24, 2.45) is 0 Å². The lowest BCUT2D eigenvalue weighted by Gasteiger charge is -2.39. The van der Waals surface area contributed by atoms with E-state index in [2.05, 4.69) is 5.32 Å². The molecule has 1 aliphatic rings. The molecular weight excluding hydrogens is 380 g/mol. The summed E-state index contributed by atoms with van der Waals surface area (Å²) in [6.07, 6.45) is 0.835. The number of carbonyl (C=O) groups excluding carboxylic acids is 1. The van der Waals surface area contributed by atoms with Gasteiger partial charge < -0.3 is 14.8 Å². The summed E-state index contributed by atoms with van der Waals surface area (Å²) in [5.41, 5.74) is 1.03. The van der Waals surface area contributed by atoms with Gasteiger partial charge in [-0.1, -0.05) is 0 Å². The Balaban J connectivity index is 1.86. The van der Waals surface area contributed by atoms with E-state index in [4.69, 9.17) is 9.47 Å². The van der Waals surface area contributed by atoms with Crippen LogP contribution in [0.25, 0.3) is 0 Å². The maximum atomic E-state index is 13.3. The second-order valence-electron chi connectivity index (χ2n) is 6.79. The molecule has 1 saturated heterocycles. The fourth-order valence-electron chi connectivity index (χ4n) is 3.24. The third-order valence-electron chi connectivity index (χ3n) is 5.06. The molecule has 1 amide bonds. The highest BCUT2D eigenvalue weighted by molar-refractivity contribution is 7.95. The normalized spacial score (nSPS) is 21.0. The van der Waals surface area contributed by atoms with Gasteiger partial charge in [0.15, 0.2) is 4.75 Å². The number of nitrogens with zero attached hydrogens (tertiary/aromatic N) is 1. The topological polar surface area (TPSA) is 84.9 Å². The van der Waals surface area contributed by atoms with E-state index in [0.717, 1.165) is 0 Å². The van der Waals surface area contributed by atoms with Gasteiger partial charge in [-0.05, 0) is 68.3 Å². The summed E-state index contributed by atoms with van der Waals surface area (Å²) in [5.74, 6) is 0.745. The predicted octanol–water partition coefficient (Wildman–Crippen LogP) is 3.03. The number of rotatable bonds is 5. The molecule has 8 heteroatoms. The maximum Gasteiger partial charge on any atom is 0.249 e. The number of carbonyl (C=O) groups is 1. The summed E-state index contributed by atoms with van der Waals surface area (Å²) >= 11 is 0. The van der Waals surface area contributed by atoms with Crippen molar-refractivity contribution < 1.29 is 22.7 Å². The Morgan fingerprint density at radius 1 is 1.00 bits per heavy atom. The van der Waals surface area contributed by atoms with Gasteiger partial charge in [0, 0.05) is 12.2 Å². The molecule has 3 rings (SSSR count). The maximum absolute atomic E-state index is 13.3. The van der Waals surface area contributed by atoms with E-state index in [1.807, 2.05) is 0 Å². The molecule has 28 heavy (non-hydrogen) atoms. The van der Waals surface area contributed by atoms with Gasteiger partial charge in [0.1, 0.15) is 11.5 Å². The van der Waals surface area contributed by atoms with Crippen LogP contribution in [0.4, 0.5) is 11.4 Å². The van der Waals surface area contributed by atoms with Gasteiger partial charge in [-0.2, -0.15) is 0 Å². The molecular formula is C20H24N2O5S. The zero-order valence-corrected chi connectivity index (χ0v) is 17.0. The van der Waals surface area contributed by atoms with Crippen molar-refractivity contribution in [1.29, 1.82) is 0 Å². The average molecular weight is 404 g/mol. The van der Waals surface area contributed by atoms with E-state index in [1.54, 1.807) is 62.8 Å². The van der Waals surface area contributed by atoms with Crippen LogP contribution >= 0.6 is 0 Å². The van der Waals surface area contributed by atoms with Gasteiger partial charge >= 0.3 is 0 Å². The van der Waals surface area contributed by atoms with Gasteiger partial charge in [0.25, 0.3) is 0 Å². The number of hydrogen-bond acceptors (Lipinski definition) is 5. The molecule has 2 aromatic carbocycles. The first-order chi connectivity index (χ1) is 13.3. The smallest absolute Gasteiger partial charge is 0.249 e. The summed E-state index contributed by atoms with van der Waals surface area (Å²) in [4.78, 5) is 13.0. The Bertz CT molecular complexity index is 942. The van der Waals surface area contributed by atoms with Crippen molar-refractivity contribution in [1.82, 2.24) is 0 Å². The number of sulfonamides is 1. The molecule has 0 aliphatic carbocycles. The van der Waals surface area contributed by atoms with E-state index in [-0.39, 0.29) is 6.42 Å². The first-order valence-electron chi connectivity index (χ1n) is 8.94. The molecule has 2 aromatic rings. The van der Waals surface area contributed by atoms with Crippen LogP contribution in [0, 0.1) is 0 Å².